The van der Waals surface area contributed by atoms with E-state index < -0.39 is 35.4 Å². The molecule has 1 atom stereocenters. The number of amides is 1. The molecule has 1 amide bonds. The molecule has 4 nitrogen and oxygen atoms in total. The van der Waals surface area contributed by atoms with Crippen LogP contribution in [0.4, 0.5) is 18.9 Å². The molecule has 0 saturated carbocycles. The minimum Gasteiger partial charge on any atom is -0.449 e. The highest BCUT2D eigenvalue weighted by Gasteiger charge is 2.18. The topological polar surface area (TPSA) is 55.4 Å². The van der Waals surface area contributed by atoms with Crippen molar-refractivity contribution < 1.29 is 27.5 Å². The van der Waals surface area contributed by atoms with Gasteiger partial charge in [-0.05, 0) is 31.2 Å². The fourth-order valence-corrected chi connectivity index (χ4v) is 1.86. The van der Waals surface area contributed by atoms with E-state index in [0.29, 0.717) is 6.07 Å². The SMILES string of the molecule is C[C@H](OC(=O)/C=C/c1ccccc1F)C(=O)Nc1ccc(F)cc1F. The normalized spacial score (nSPS) is 12.0. The van der Waals surface area contributed by atoms with E-state index in [-0.39, 0.29) is 11.3 Å². The molecule has 0 fully saturated rings. The monoisotopic (exact) mass is 349 g/mol. The lowest BCUT2D eigenvalue weighted by atomic mass is 10.2. The van der Waals surface area contributed by atoms with Gasteiger partial charge in [0.05, 0.1) is 5.69 Å². The van der Waals surface area contributed by atoms with Gasteiger partial charge in [0.25, 0.3) is 5.91 Å². The van der Waals surface area contributed by atoms with Crippen LogP contribution in [0.15, 0.2) is 48.5 Å². The molecule has 0 radical (unpaired) electrons. The molecule has 0 heterocycles. The highest BCUT2D eigenvalue weighted by molar-refractivity contribution is 5.96. The molecule has 130 valence electrons. The van der Waals surface area contributed by atoms with Gasteiger partial charge in [-0.2, -0.15) is 0 Å². The van der Waals surface area contributed by atoms with Crippen LogP contribution in [-0.4, -0.2) is 18.0 Å². The molecule has 0 spiro atoms. The van der Waals surface area contributed by atoms with Crippen LogP contribution in [0.2, 0.25) is 0 Å². The fourth-order valence-electron chi connectivity index (χ4n) is 1.86. The molecule has 2 aromatic carbocycles. The summed E-state index contributed by atoms with van der Waals surface area (Å²) in [6.07, 6.45) is 0.949. The van der Waals surface area contributed by atoms with Gasteiger partial charge in [-0.1, -0.05) is 18.2 Å². The molecule has 0 saturated heterocycles. The Labute approximate surface area is 141 Å². The number of hydrogen-bond acceptors (Lipinski definition) is 3. The molecular weight excluding hydrogens is 335 g/mol. The van der Waals surface area contributed by atoms with Crippen LogP contribution in [0.5, 0.6) is 0 Å². The lowest BCUT2D eigenvalue weighted by Crippen LogP contribution is -2.29. The Bertz CT molecular complexity index is 821. The summed E-state index contributed by atoms with van der Waals surface area (Å²) in [6.45, 7) is 1.28. The molecule has 0 unspecified atom stereocenters. The average molecular weight is 349 g/mol. The minimum absolute atomic E-state index is 0.185. The van der Waals surface area contributed by atoms with Crippen LogP contribution in [-0.2, 0) is 14.3 Å². The molecule has 0 bridgehead atoms. The Kier molecular flexibility index (Phi) is 5.94. The first-order valence-electron chi connectivity index (χ1n) is 7.26. The Morgan fingerprint density at radius 1 is 1.08 bits per heavy atom. The van der Waals surface area contributed by atoms with Crippen LogP contribution in [0, 0.1) is 17.5 Å². The van der Waals surface area contributed by atoms with E-state index in [0.717, 1.165) is 18.2 Å². The number of nitrogens with one attached hydrogen (secondary N) is 1. The minimum atomic E-state index is -1.23. The maximum atomic E-state index is 13.5. The smallest absolute Gasteiger partial charge is 0.331 e. The van der Waals surface area contributed by atoms with Crippen molar-refractivity contribution in [2.75, 3.05) is 5.32 Å². The van der Waals surface area contributed by atoms with Crippen LogP contribution >= 0.6 is 0 Å². The third-order valence-electron chi connectivity index (χ3n) is 3.16. The zero-order chi connectivity index (χ0) is 18.4. The van der Waals surface area contributed by atoms with Gasteiger partial charge < -0.3 is 10.1 Å². The van der Waals surface area contributed by atoms with Crippen molar-refractivity contribution in [1.29, 1.82) is 0 Å². The number of ether oxygens (including phenoxy) is 1. The number of carbonyl (C=O) groups excluding carboxylic acids is 2. The molecule has 2 rings (SSSR count). The number of hydrogen-bond donors (Lipinski definition) is 1. The Morgan fingerprint density at radius 2 is 1.80 bits per heavy atom. The number of halogens is 3. The first-order valence-corrected chi connectivity index (χ1v) is 7.26. The second-order valence-corrected chi connectivity index (χ2v) is 5.05. The number of esters is 1. The molecule has 0 aromatic heterocycles. The van der Waals surface area contributed by atoms with E-state index in [1.807, 2.05) is 0 Å². The van der Waals surface area contributed by atoms with E-state index >= 15 is 0 Å². The van der Waals surface area contributed by atoms with Gasteiger partial charge in [0.15, 0.2) is 6.10 Å². The highest BCUT2D eigenvalue weighted by Crippen LogP contribution is 2.15. The number of benzene rings is 2. The number of rotatable bonds is 5. The largest absolute Gasteiger partial charge is 0.449 e. The van der Waals surface area contributed by atoms with Crippen LogP contribution in [0.25, 0.3) is 6.08 Å². The van der Waals surface area contributed by atoms with E-state index in [9.17, 15) is 22.8 Å². The first kappa shape index (κ1) is 18.3. The van der Waals surface area contributed by atoms with Gasteiger partial charge in [-0.25, -0.2) is 18.0 Å². The summed E-state index contributed by atoms with van der Waals surface area (Å²) < 4.78 is 44.5. The predicted octanol–water partition coefficient (Wildman–Crippen LogP) is 3.69. The summed E-state index contributed by atoms with van der Waals surface area (Å²) >= 11 is 0. The predicted molar refractivity (Wildman–Crippen MR) is 86.0 cm³/mol. The fraction of sp³-hybridized carbons (Fsp3) is 0.111. The van der Waals surface area contributed by atoms with Gasteiger partial charge in [-0.3, -0.25) is 4.79 Å². The molecule has 0 aliphatic carbocycles. The van der Waals surface area contributed by atoms with Gasteiger partial charge in [0.2, 0.25) is 0 Å². The summed E-state index contributed by atoms with van der Waals surface area (Å²) in [5.41, 5.74) is -0.0545. The first-order chi connectivity index (χ1) is 11.9. The summed E-state index contributed by atoms with van der Waals surface area (Å²) in [7, 11) is 0. The highest BCUT2D eigenvalue weighted by atomic mass is 19.1. The molecular formula is C18H14F3NO3. The summed E-state index contributed by atoms with van der Waals surface area (Å²) in [5.74, 6) is -3.91. The quantitative estimate of drug-likeness (QED) is 0.662. The van der Waals surface area contributed by atoms with E-state index in [2.05, 4.69) is 5.32 Å². The second kappa shape index (κ2) is 8.14. The lowest BCUT2D eigenvalue weighted by molar-refractivity contribution is -0.148. The number of anilines is 1. The third-order valence-corrected chi connectivity index (χ3v) is 3.16. The average Bonchev–Trinajstić information content (AvgIpc) is 2.56. The van der Waals surface area contributed by atoms with Crippen molar-refractivity contribution in [3.63, 3.8) is 0 Å². The van der Waals surface area contributed by atoms with Crippen LogP contribution in [0.1, 0.15) is 12.5 Å². The van der Waals surface area contributed by atoms with E-state index in [1.165, 1.54) is 31.2 Å². The number of carbonyl (C=O) groups is 2. The third kappa shape index (κ3) is 5.20. The standard InChI is InChI=1S/C18H14F3NO3/c1-11(18(24)22-16-8-7-13(19)10-15(16)21)25-17(23)9-6-12-4-2-3-5-14(12)20/h2-11H,1H3,(H,22,24)/b9-6+/t11-/m0/s1. The van der Waals surface area contributed by atoms with Crippen LogP contribution in [0.3, 0.4) is 0 Å². The lowest BCUT2D eigenvalue weighted by Gasteiger charge is -2.12. The molecule has 0 aliphatic heterocycles. The van der Waals surface area contributed by atoms with Crippen molar-refractivity contribution in [2.45, 2.75) is 13.0 Å². The van der Waals surface area contributed by atoms with Crippen LogP contribution < -0.4 is 5.32 Å². The van der Waals surface area contributed by atoms with Gasteiger partial charge in [-0.15, -0.1) is 0 Å². The molecule has 7 heteroatoms. The van der Waals surface area contributed by atoms with Crippen molar-refractivity contribution in [2.24, 2.45) is 0 Å². The van der Waals surface area contributed by atoms with Crippen molar-refractivity contribution in [3.8, 4) is 0 Å². The maximum Gasteiger partial charge on any atom is 0.331 e. The molecule has 25 heavy (non-hydrogen) atoms. The summed E-state index contributed by atoms with van der Waals surface area (Å²) in [6, 6.07) is 8.45. The van der Waals surface area contributed by atoms with Crippen molar-refractivity contribution in [3.05, 3.63) is 71.6 Å². The van der Waals surface area contributed by atoms with Gasteiger partial charge >= 0.3 is 5.97 Å². The Hall–Kier alpha value is -3.09. The van der Waals surface area contributed by atoms with Gasteiger partial charge in [0, 0.05) is 17.7 Å². The van der Waals surface area contributed by atoms with Gasteiger partial charge in [0.1, 0.15) is 17.5 Å². The van der Waals surface area contributed by atoms with E-state index in [1.54, 1.807) is 6.07 Å². The van der Waals surface area contributed by atoms with Crippen molar-refractivity contribution in [1.82, 2.24) is 0 Å². The summed E-state index contributed by atoms with van der Waals surface area (Å²) in [5, 5.41) is 2.18. The zero-order valence-corrected chi connectivity index (χ0v) is 13.1. The molecule has 0 aliphatic rings. The summed E-state index contributed by atoms with van der Waals surface area (Å²) in [4.78, 5) is 23.6. The van der Waals surface area contributed by atoms with Crippen molar-refractivity contribution >= 4 is 23.6 Å². The maximum absolute atomic E-state index is 13.5. The molecule has 1 N–H and O–H groups in total. The van der Waals surface area contributed by atoms with E-state index in [4.69, 9.17) is 4.74 Å². The molecule has 2 aromatic rings. The Morgan fingerprint density at radius 3 is 2.48 bits per heavy atom. The zero-order valence-electron chi connectivity index (χ0n) is 13.1. The second-order valence-electron chi connectivity index (χ2n) is 5.05. The Balaban J connectivity index is 1.94.